The summed E-state index contributed by atoms with van der Waals surface area (Å²) in [5.41, 5.74) is 3.17. The second kappa shape index (κ2) is 9.39. The molecular weight excluding hydrogens is 388 g/mol. The molecule has 2 heterocycles. The first-order valence-corrected chi connectivity index (χ1v) is 11.4. The number of rotatable bonds is 8. The number of carbonyl (C=O) groups is 1. The second-order valence-corrected chi connectivity index (χ2v) is 8.76. The predicted octanol–water partition coefficient (Wildman–Crippen LogP) is 5.44. The van der Waals surface area contributed by atoms with Gasteiger partial charge in [-0.3, -0.25) is 4.79 Å². The van der Waals surface area contributed by atoms with Crippen LogP contribution in [0.25, 0.3) is 11.4 Å². The van der Waals surface area contributed by atoms with Crippen LogP contribution in [0.5, 0.6) is 0 Å². The smallest absolute Gasteiger partial charge is 0.234 e. The molecule has 0 bridgehead atoms. The molecule has 0 aliphatic heterocycles. The summed E-state index contributed by atoms with van der Waals surface area (Å²) in [5.74, 6) is 1.60. The lowest BCUT2D eigenvalue weighted by molar-refractivity contribution is -0.113. The number of carbonyl (C=O) groups excluding carboxylic acids is 1. The molecule has 5 nitrogen and oxygen atoms in total. The fourth-order valence-electron chi connectivity index (χ4n) is 2.86. The van der Waals surface area contributed by atoms with Gasteiger partial charge in [0.2, 0.25) is 5.91 Å². The molecule has 1 N–H and O–H groups in total. The number of hydrogen-bond donors (Lipinski definition) is 1. The van der Waals surface area contributed by atoms with E-state index in [1.807, 2.05) is 12.1 Å². The van der Waals surface area contributed by atoms with E-state index in [0.717, 1.165) is 35.2 Å². The average molecular weight is 415 g/mol. The molecule has 0 spiro atoms. The number of nitrogens with one attached hydrogen (secondary N) is 1. The lowest BCUT2D eigenvalue weighted by Crippen LogP contribution is -2.14. The van der Waals surface area contributed by atoms with Gasteiger partial charge in [0.1, 0.15) is 0 Å². The Kier molecular flexibility index (Phi) is 6.91. The second-order valence-electron chi connectivity index (χ2n) is 6.82. The molecule has 0 saturated carbocycles. The van der Waals surface area contributed by atoms with Gasteiger partial charge < -0.3 is 9.88 Å². The van der Waals surface area contributed by atoms with E-state index in [1.165, 1.54) is 22.2 Å². The van der Waals surface area contributed by atoms with Gasteiger partial charge in [-0.25, -0.2) is 0 Å². The summed E-state index contributed by atoms with van der Waals surface area (Å²) in [5, 5.41) is 14.5. The third-order valence-corrected chi connectivity index (χ3v) is 6.53. The Bertz CT molecular complexity index is 928. The Morgan fingerprint density at radius 3 is 2.57 bits per heavy atom. The minimum Gasteiger partial charge on any atom is -0.325 e. The molecule has 1 aromatic carbocycles. The van der Waals surface area contributed by atoms with E-state index >= 15 is 0 Å². The molecule has 7 heteroatoms. The maximum Gasteiger partial charge on any atom is 0.234 e. The molecule has 148 valence electrons. The van der Waals surface area contributed by atoms with Gasteiger partial charge in [0.05, 0.1) is 5.75 Å². The Hall–Kier alpha value is -2.12. The Balaban J connectivity index is 1.63. The van der Waals surface area contributed by atoms with Crippen LogP contribution in [0.3, 0.4) is 0 Å². The van der Waals surface area contributed by atoms with Crippen molar-refractivity contribution in [3.8, 4) is 11.4 Å². The molecular formula is C21H26N4OS2. The number of thiophene rings is 1. The van der Waals surface area contributed by atoms with Gasteiger partial charge in [-0.2, -0.15) is 0 Å². The van der Waals surface area contributed by atoms with Crippen molar-refractivity contribution < 1.29 is 4.79 Å². The van der Waals surface area contributed by atoms with Crippen LogP contribution in [0.1, 0.15) is 44.1 Å². The number of hydrogen-bond acceptors (Lipinski definition) is 5. The summed E-state index contributed by atoms with van der Waals surface area (Å²) in [6.45, 7) is 9.29. The number of anilines is 1. The van der Waals surface area contributed by atoms with Crippen LogP contribution in [0, 0.1) is 0 Å². The standard InChI is InChI=1S/C21H26N4OS2/c1-5-18-11-16(12-27-18)20-23-24-21(25(20)6-2)28-13-19(26)22-17-9-7-15(8-10-17)14(3)4/h7-12,14H,5-6,13H2,1-4H3,(H,22,26). The first-order valence-electron chi connectivity index (χ1n) is 9.55. The summed E-state index contributed by atoms with van der Waals surface area (Å²) < 4.78 is 2.07. The van der Waals surface area contributed by atoms with Gasteiger partial charge in [0, 0.05) is 28.1 Å². The van der Waals surface area contributed by atoms with E-state index in [4.69, 9.17) is 0 Å². The SMILES string of the molecule is CCc1cc(-c2nnc(SCC(=O)Nc3ccc(C(C)C)cc3)n2CC)cs1. The van der Waals surface area contributed by atoms with Crippen LogP contribution in [0.15, 0.2) is 40.9 Å². The quantitative estimate of drug-likeness (QED) is 0.498. The number of benzene rings is 1. The van der Waals surface area contributed by atoms with Gasteiger partial charge in [0.15, 0.2) is 11.0 Å². The fourth-order valence-corrected chi connectivity index (χ4v) is 4.47. The summed E-state index contributed by atoms with van der Waals surface area (Å²) in [7, 11) is 0. The first-order chi connectivity index (χ1) is 13.5. The lowest BCUT2D eigenvalue weighted by atomic mass is 10.0. The molecule has 0 fully saturated rings. The van der Waals surface area contributed by atoms with Crippen LogP contribution in [0.4, 0.5) is 5.69 Å². The first kappa shape index (κ1) is 20.6. The van der Waals surface area contributed by atoms with Crippen molar-refractivity contribution >= 4 is 34.7 Å². The Morgan fingerprint density at radius 1 is 1.21 bits per heavy atom. The number of aromatic nitrogens is 3. The molecule has 0 aliphatic rings. The van der Waals surface area contributed by atoms with Crippen molar-refractivity contribution in [3.63, 3.8) is 0 Å². The van der Waals surface area contributed by atoms with Crippen LogP contribution in [-0.4, -0.2) is 26.4 Å². The highest BCUT2D eigenvalue weighted by Gasteiger charge is 2.15. The Morgan fingerprint density at radius 2 is 1.96 bits per heavy atom. The minimum absolute atomic E-state index is 0.0432. The maximum atomic E-state index is 12.3. The topological polar surface area (TPSA) is 59.8 Å². The van der Waals surface area contributed by atoms with Crippen molar-refractivity contribution in [2.24, 2.45) is 0 Å². The van der Waals surface area contributed by atoms with Gasteiger partial charge in [0.25, 0.3) is 0 Å². The zero-order valence-corrected chi connectivity index (χ0v) is 18.4. The molecule has 0 radical (unpaired) electrons. The zero-order valence-electron chi connectivity index (χ0n) is 16.7. The van der Waals surface area contributed by atoms with Crippen molar-refractivity contribution in [3.05, 3.63) is 46.2 Å². The Labute approximate surface area is 174 Å². The lowest BCUT2D eigenvalue weighted by Gasteiger charge is -2.09. The summed E-state index contributed by atoms with van der Waals surface area (Å²) in [6.07, 6.45) is 1.02. The van der Waals surface area contributed by atoms with Crippen LogP contribution < -0.4 is 5.32 Å². The monoisotopic (exact) mass is 414 g/mol. The highest BCUT2D eigenvalue weighted by Crippen LogP contribution is 2.28. The molecule has 0 unspecified atom stereocenters. The number of thioether (sulfide) groups is 1. The molecule has 28 heavy (non-hydrogen) atoms. The maximum absolute atomic E-state index is 12.3. The molecule has 0 saturated heterocycles. The number of amides is 1. The molecule has 0 atom stereocenters. The van der Waals surface area contributed by atoms with Gasteiger partial charge in [-0.1, -0.05) is 44.7 Å². The van der Waals surface area contributed by atoms with Crippen molar-refractivity contribution in [1.29, 1.82) is 0 Å². The third-order valence-electron chi connectivity index (χ3n) is 4.49. The number of aryl methyl sites for hydroxylation is 1. The zero-order chi connectivity index (χ0) is 20.1. The normalized spacial score (nSPS) is 11.2. The molecule has 0 aliphatic carbocycles. The molecule has 1 amide bonds. The number of nitrogens with zero attached hydrogens (tertiary/aromatic N) is 3. The largest absolute Gasteiger partial charge is 0.325 e. The molecule has 3 rings (SSSR count). The third kappa shape index (κ3) is 4.83. The van der Waals surface area contributed by atoms with E-state index in [9.17, 15) is 4.79 Å². The minimum atomic E-state index is -0.0432. The van der Waals surface area contributed by atoms with Gasteiger partial charge in [-0.15, -0.1) is 21.5 Å². The van der Waals surface area contributed by atoms with Crippen molar-refractivity contribution in [2.45, 2.75) is 51.7 Å². The molecule has 2 aromatic heterocycles. The van der Waals surface area contributed by atoms with Crippen molar-refractivity contribution in [2.75, 3.05) is 11.1 Å². The van der Waals surface area contributed by atoms with Crippen LogP contribution >= 0.6 is 23.1 Å². The van der Waals surface area contributed by atoms with E-state index in [1.54, 1.807) is 11.3 Å². The fraction of sp³-hybridized carbons (Fsp3) is 0.381. The van der Waals surface area contributed by atoms with Gasteiger partial charge in [-0.05, 0) is 43.0 Å². The predicted molar refractivity (Wildman–Crippen MR) is 118 cm³/mol. The van der Waals surface area contributed by atoms with Crippen molar-refractivity contribution in [1.82, 2.24) is 14.8 Å². The van der Waals surface area contributed by atoms with E-state index in [2.05, 4.69) is 71.4 Å². The highest BCUT2D eigenvalue weighted by atomic mass is 32.2. The summed E-state index contributed by atoms with van der Waals surface area (Å²) in [4.78, 5) is 13.7. The van der Waals surface area contributed by atoms with E-state index < -0.39 is 0 Å². The average Bonchev–Trinajstić information content (AvgIpc) is 3.32. The summed E-state index contributed by atoms with van der Waals surface area (Å²) >= 11 is 3.16. The highest BCUT2D eigenvalue weighted by molar-refractivity contribution is 7.99. The molecule has 3 aromatic rings. The van der Waals surface area contributed by atoms with E-state index in [0.29, 0.717) is 11.7 Å². The van der Waals surface area contributed by atoms with Crippen LogP contribution in [-0.2, 0) is 17.8 Å². The van der Waals surface area contributed by atoms with Gasteiger partial charge >= 0.3 is 0 Å². The van der Waals surface area contributed by atoms with E-state index in [-0.39, 0.29) is 5.91 Å². The van der Waals surface area contributed by atoms with Crippen LogP contribution in [0.2, 0.25) is 0 Å². The summed E-state index contributed by atoms with van der Waals surface area (Å²) in [6, 6.07) is 10.2.